The van der Waals surface area contributed by atoms with Crippen LogP contribution in [0.4, 0.5) is 0 Å². The van der Waals surface area contributed by atoms with E-state index in [1.807, 2.05) is 6.92 Å². The number of ether oxygens (including phenoxy) is 1. The van der Waals surface area contributed by atoms with Crippen LogP contribution in [0.1, 0.15) is 43.6 Å². The number of pyridine rings is 1. The highest BCUT2D eigenvalue weighted by molar-refractivity contribution is 6.74. The van der Waals surface area contributed by atoms with Crippen molar-refractivity contribution in [2.75, 3.05) is 20.3 Å². The van der Waals surface area contributed by atoms with Gasteiger partial charge < -0.3 is 13.7 Å². The van der Waals surface area contributed by atoms with Gasteiger partial charge >= 0.3 is 5.97 Å². The van der Waals surface area contributed by atoms with Crippen LogP contribution in [0.3, 0.4) is 0 Å². The minimum Gasteiger partial charge on any atom is -0.465 e. The molecule has 1 unspecified atom stereocenters. The van der Waals surface area contributed by atoms with Crippen molar-refractivity contribution in [1.82, 2.24) is 10.0 Å². The number of hydrogen-bond donors (Lipinski definition) is 1. The topological polar surface area (TPSA) is 78.8 Å². The van der Waals surface area contributed by atoms with Gasteiger partial charge in [0, 0.05) is 19.7 Å². The van der Waals surface area contributed by atoms with E-state index in [9.17, 15) is 9.59 Å². The first-order chi connectivity index (χ1) is 12.8. The van der Waals surface area contributed by atoms with Gasteiger partial charge in [-0.1, -0.05) is 32.4 Å². The summed E-state index contributed by atoms with van der Waals surface area (Å²) in [5, 5.41) is 0.198. The monoisotopic (exact) mass is 432 g/mol. The maximum absolute atomic E-state index is 12.0. The van der Waals surface area contributed by atoms with Crippen molar-refractivity contribution >= 4 is 25.9 Å². The van der Waals surface area contributed by atoms with Crippen molar-refractivity contribution in [3.63, 3.8) is 0 Å². The molecule has 0 aromatic carbocycles. The first-order valence-corrected chi connectivity index (χ1v) is 12.6. The van der Waals surface area contributed by atoms with Crippen LogP contribution < -0.4 is 11.0 Å². The average molecular weight is 433 g/mol. The lowest BCUT2D eigenvalue weighted by Gasteiger charge is -2.38. The summed E-state index contributed by atoms with van der Waals surface area (Å²) >= 11 is 6.15. The second kappa shape index (κ2) is 10.0. The van der Waals surface area contributed by atoms with Crippen LogP contribution in [-0.4, -0.2) is 45.2 Å². The number of hydroxylamine groups is 1. The van der Waals surface area contributed by atoms with Gasteiger partial charge in [-0.05, 0) is 37.0 Å². The van der Waals surface area contributed by atoms with Crippen molar-refractivity contribution in [3.05, 3.63) is 32.7 Å². The smallest absolute Gasteiger partial charge is 0.341 e. The molecule has 0 amide bonds. The van der Waals surface area contributed by atoms with E-state index in [0.29, 0.717) is 25.1 Å². The van der Waals surface area contributed by atoms with Crippen molar-refractivity contribution in [2.45, 2.75) is 58.4 Å². The Morgan fingerprint density at radius 2 is 1.96 bits per heavy atom. The molecule has 1 N–H and O–H groups in total. The first kappa shape index (κ1) is 24.8. The highest BCUT2D eigenvalue weighted by atomic mass is 35.5. The predicted molar refractivity (Wildman–Crippen MR) is 113 cm³/mol. The van der Waals surface area contributed by atoms with Gasteiger partial charge in [0.2, 0.25) is 0 Å². The summed E-state index contributed by atoms with van der Waals surface area (Å²) in [5.74, 6) is -0.576. The minimum absolute atomic E-state index is 0.0440. The molecule has 0 saturated heterocycles. The third kappa shape index (κ3) is 6.42. The number of nitrogens with one attached hydrogen (secondary N) is 1. The Labute approximate surface area is 173 Å². The molecule has 1 atom stereocenters. The molecule has 0 aliphatic carbocycles. The van der Waals surface area contributed by atoms with Crippen LogP contribution in [0.5, 0.6) is 0 Å². The normalized spacial score (nSPS) is 13.5. The van der Waals surface area contributed by atoms with Gasteiger partial charge in [-0.3, -0.25) is 9.63 Å². The zero-order valence-electron chi connectivity index (χ0n) is 18.1. The Balaban J connectivity index is 2.61. The van der Waals surface area contributed by atoms with Gasteiger partial charge in [-0.15, -0.1) is 0 Å². The molecule has 0 radical (unpaired) electrons. The lowest BCUT2D eigenvalue weighted by molar-refractivity contribution is -0.00807. The maximum Gasteiger partial charge on any atom is 0.341 e. The fraction of sp³-hybridized carbons (Fsp3) is 0.684. The van der Waals surface area contributed by atoms with Gasteiger partial charge in [0.15, 0.2) is 8.32 Å². The molecule has 1 rings (SSSR count). The van der Waals surface area contributed by atoms with Crippen molar-refractivity contribution in [2.24, 2.45) is 7.05 Å². The largest absolute Gasteiger partial charge is 0.465 e. The van der Waals surface area contributed by atoms with Crippen LogP contribution in [0, 0.1) is 0 Å². The molecule has 1 aromatic rings. The summed E-state index contributed by atoms with van der Waals surface area (Å²) in [4.78, 5) is 29.5. The molecule has 7 nitrogen and oxygen atoms in total. The lowest BCUT2D eigenvalue weighted by Crippen LogP contribution is -2.44. The molecule has 0 spiro atoms. The highest BCUT2D eigenvalue weighted by Crippen LogP contribution is 2.37. The van der Waals surface area contributed by atoms with Crippen LogP contribution in [0.2, 0.25) is 23.3 Å². The van der Waals surface area contributed by atoms with E-state index in [2.05, 4.69) is 39.3 Å². The fourth-order valence-corrected chi connectivity index (χ4v) is 4.09. The maximum atomic E-state index is 12.0. The van der Waals surface area contributed by atoms with E-state index < -0.39 is 14.3 Å². The van der Waals surface area contributed by atoms with E-state index in [0.717, 1.165) is 0 Å². The predicted octanol–water partition coefficient (Wildman–Crippen LogP) is 3.30. The number of hydrogen-bond acceptors (Lipinski definition) is 6. The Morgan fingerprint density at radius 3 is 2.50 bits per heavy atom. The fourth-order valence-electron chi connectivity index (χ4n) is 2.38. The van der Waals surface area contributed by atoms with Gasteiger partial charge in [0.1, 0.15) is 5.15 Å². The van der Waals surface area contributed by atoms with E-state index >= 15 is 0 Å². The number of carbonyl (C=O) groups is 1. The first-order valence-electron chi connectivity index (χ1n) is 9.31. The van der Waals surface area contributed by atoms with E-state index in [1.165, 1.54) is 24.8 Å². The number of aromatic nitrogens is 1. The van der Waals surface area contributed by atoms with Gasteiger partial charge in [-0.2, -0.15) is 0 Å². The summed E-state index contributed by atoms with van der Waals surface area (Å²) in [7, 11) is 0.940. The number of halogens is 1. The van der Waals surface area contributed by atoms with Crippen molar-refractivity contribution < 1.29 is 18.8 Å². The molecule has 0 fully saturated rings. The van der Waals surface area contributed by atoms with Crippen LogP contribution in [0.25, 0.3) is 0 Å². The SMILES string of the molecule is COC(=O)c1c(CCNOCC(C)O[Si](C)(C)C(C)(C)C)cc(=O)n(C)c1Cl. The third-order valence-corrected chi connectivity index (χ3v) is 10.1. The van der Waals surface area contributed by atoms with Crippen LogP contribution in [-0.2, 0) is 27.5 Å². The molecule has 1 aromatic heterocycles. The van der Waals surface area contributed by atoms with Crippen molar-refractivity contribution in [1.29, 1.82) is 0 Å². The van der Waals surface area contributed by atoms with E-state index in [-0.39, 0.29) is 27.4 Å². The quantitative estimate of drug-likeness (QED) is 0.212. The molecule has 1 heterocycles. The van der Waals surface area contributed by atoms with E-state index in [1.54, 1.807) is 0 Å². The third-order valence-electron chi connectivity index (χ3n) is 5.06. The molecule has 0 aliphatic heterocycles. The second-order valence-electron chi connectivity index (χ2n) is 8.37. The summed E-state index contributed by atoms with van der Waals surface area (Å²) in [6.45, 7) is 13.8. The number of methoxy groups -OCH3 is 1. The van der Waals surface area contributed by atoms with E-state index in [4.69, 9.17) is 25.6 Å². The number of rotatable bonds is 9. The zero-order chi connectivity index (χ0) is 21.7. The Hall–Kier alpha value is -1.19. The standard InChI is InChI=1S/C19H33ClN2O5Si/c1-13(27-28(7,8)19(2,3)4)12-26-21-10-9-14-11-15(23)22(5)17(20)16(14)18(24)25-6/h11,13,21H,9-10,12H2,1-8H3. The highest BCUT2D eigenvalue weighted by Gasteiger charge is 2.38. The molecule has 0 bridgehead atoms. The van der Waals surface area contributed by atoms with Gasteiger partial charge in [-0.25, -0.2) is 10.3 Å². The second-order valence-corrected chi connectivity index (χ2v) is 13.5. The van der Waals surface area contributed by atoms with Crippen molar-refractivity contribution in [3.8, 4) is 0 Å². The molecule has 0 aliphatic rings. The zero-order valence-corrected chi connectivity index (χ0v) is 19.9. The number of esters is 1. The average Bonchev–Trinajstić information content (AvgIpc) is 2.57. The molecule has 9 heteroatoms. The molecule has 28 heavy (non-hydrogen) atoms. The molecular weight excluding hydrogens is 400 g/mol. The van der Waals surface area contributed by atoms with Gasteiger partial charge in [0.25, 0.3) is 5.56 Å². The summed E-state index contributed by atoms with van der Waals surface area (Å²) < 4.78 is 12.2. The Morgan fingerprint density at radius 1 is 1.36 bits per heavy atom. The Kier molecular flexibility index (Phi) is 8.89. The summed E-state index contributed by atoms with van der Waals surface area (Å²) in [6.07, 6.45) is 0.343. The summed E-state index contributed by atoms with van der Waals surface area (Å²) in [6, 6.07) is 1.39. The number of nitrogens with zero attached hydrogens (tertiary/aromatic N) is 1. The van der Waals surface area contributed by atoms with Crippen LogP contribution in [0.15, 0.2) is 10.9 Å². The summed E-state index contributed by atoms with van der Waals surface area (Å²) in [5.41, 5.74) is 3.28. The minimum atomic E-state index is -1.84. The molecule has 160 valence electrons. The lowest BCUT2D eigenvalue weighted by atomic mass is 10.1. The number of carbonyl (C=O) groups excluding carboxylic acids is 1. The van der Waals surface area contributed by atoms with Gasteiger partial charge in [0.05, 0.1) is 25.4 Å². The molecular formula is C19H33ClN2O5Si. The molecule has 0 saturated carbocycles. The Bertz CT molecular complexity index is 743. The van der Waals surface area contributed by atoms with Crippen LogP contribution >= 0.6 is 11.6 Å².